The number of hydrogen-bond donors (Lipinski definition) is 2. The van der Waals surface area contributed by atoms with Crippen LogP contribution >= 0.6 is 0 Å². The predicted molar refractivity (Wildman–Crippen MR) is 158 cm³/mol. The molecule has 1 fully saturated rings. The Bertz CT molecular complexity index is 1490. The van der Waals surface area contributed by atoms with Crippen molar-refractivity contribution in [1.82, 2.24) is 24.8 Å². The number of pyridine rings is 1. The van der Waals surface area contributed by atoms with Crippen LogP contribution in [0.1, 0.15) is 42.5 Å². The number of nitrogens with zero attached hydrogens (tertiary/aromatic N) is 5. The summed E-state index contributed by atoms with van der Waals surface area (Å²) < 4.78 is 7.38. The Hall–Kier alpha value is -4.62. The molecule has 1 saturated heterocycles. The number of benzene rings is 1. The summed E-state index contributed by atoms with van der Waals surface area (Å²) in [6.07, 6.45) is 7.53. The summed E-state index contributed by atoms with van der Waals surface area (Å²) in [7, 11) is 0. The average molecular weight is 554 g/mol. The molecule has 41 heavy (non-hydrogen) atoms. The van der Waals surface area contributed by atoms with Gasteiger partial charge in [0, 0.05) is 49.0 Å². The maximum Gasteiger partial charge on any atom is 0.255 e. The molecule has 0 saturated carbocycles. The Kier molecular flexibility index (Phi) is 8.36. The molecular weight excluding hydrogens is 518 g/mol. The zero-order valence-corrected chi connectivity index (χ0v) is 23.7. The molecule has 0 radical (unpaired) electrons. The van der Waals surface area contributed by atoms with E-state index in [0.29, 0.717) is 50.9 Å². The first-order valence-corrected chi connectivity index (χ1v) is 13.7. The SMILES string of the molecule is CC(C)(C)C#CCNC(=O)Cc1cccc(N2C=C(Nc3ccc(C(=O)N4CCOCC4)cn3)c3nccn3C2)c1. The zero-order valence-electron chi connectivity index (χ0n) is 23.7. The van der Waals surface area contributed by atoms with Gasteiger partial charge in [0.2, 0.25) is 5.91 Å². The molecule has 2 amide bonds. The van der Waals surface area contributed by atoms with Crippen LogP contribution in [0, 0.1) is 17.3 Å². The summed E-state index contributed by atoms with van der Waals surface area (Å²) in [6.45, 7) is 9.30. The minimum Gasteiger partial charge on any atom is -0.378 e. The van der Waals surface area contributed by atoms with E-state index in [9.17, 15) is 9.59 Å². The molecule has 0 spiro atoms. The van der Waals surface area contributed by atoms with E-state index in [2.05, 4.69) is 37.3 Å². The number of carbonyl (C=O) groups excluding carboxylic acids is 2. The van der Waals surface area contributed by atoms with Crippen LogP contribution in [-0.2, 0) is 22.6 Å². The largest absolute Gasteiger partial charge is 0.378 e. The second-order valence-corrected chi connectivity index (χ2v) is 11.0. The lowest BCUT2D eigenvalue weighted by atomic mass is 9.98. The molecule has 3 aromatic rings. The molecule has 4 heterocycles. The number of hydrogen-bond acceptors (Lipinski definition) is 7. The number of rotatable bonds is 7. The van der Waals surface area contributed by atoms with Gasteiger partial charge in [0.1, 0.15) is 12.5 Å². The number of nitrogens with one attached hydrogen (secondary N) is 2. The van der Waals surface area contributed by atoms with Crippen LogP contribution < -0.4 is 15.5 Å². The van der Waals surface area contributed by atoms with Crippen molar-refractivity contribution in [2.24, 2.45) is 5.41 Å². The van der Waals surface area contributed by atoms with Crippen LogP contribution in [0.2, 0.25) is 0 Å². The number of fused-ring (bicyclic) bond motifs is 1. The van der Waals surface area contributed by atoms with Crippen molar-refractivity contribution in [3.63, 3.8) is 0 Å². The van der Waals surface area contributed by atoms with Gasteiger partial charge in [-0.25, -0.2) is 9.97 Å². The molecule has 1 aromatic carbocycles. The van der Waals surface area contributed by atoms with Crippen molar-refractivity contribution in [2.45, 2.75) is 33.9 Å². The number of amides is 2. The maximum absolute atomic E-state index is 12.8. The lowest BCUT2D eigenvalue weighted by Gasteiger charge is -2.29. The third kappa shape index (κ3) is 7.32. The Morgan fingerprint density at radius 1 is 1.10 bits per heavy atom. The summed E-state index contributed by atoms with van der Waals surface area (Å²) in [5, 5.41) is 6.24. The number of imidazole rings is 1. The van der Waals surface area contributed by atoms with Gasteiger partial charge >= 0.3 is 0 Å². The third-order valence-corrected chi connectivity index (χ3v) is 6.56. The van der Waals surface area contributed by atoms with E-state index in [4.69, 9.17) is 4.74 Å². The van der Waals surface area contributed by atoms with Crippen molar-refractivity contribution in [3.8, 4) is 11.8 Å². The lowest BCUT2D eigenvalue weighted by Crippen LogP contribution is -2.40. The Labute approximate surface area is 240 Å². The summed E-state index contributed by atoms with van der Waals surface area (Å²) in [5.41, 5.74) is 3.07. The Morgan fingerprint density at radius 3 is 2.68 bits per heavy atom. The fourth-order valence-electron chi connectivity index (χ4n) is 4.56. The highest BCUT2D eigenvalue weighted by atomic mass is 16.5. The van der Waals surface area contributed by atoms with Crippen molar-refractivity contribution in [1.29, 1.82) is 0 Å². The lowest BCUT2D eigenvalue weighted by molar-refractivity contribution is -0.120. The predicted octanol–water partition coefficient (Wildman–Crippen LogP) is 3.35. The molecule has 212 valence electrons. The van der Waals surface area contributed by atoms with Crippen molar-refractivity contribution >= 4 is 29.0 Å². The van der Waals surface area contributed by atoms with Crippen molar-refractivity contribution in [2.75, 3.05) is 43.1 Å². The van der Waals surface area contributed by atoms with E-state index in [1.54, 1.807) is 29.4 Å². The number of ether oxygens (including phenoxy) is 1. The van der Waals surface area contributed by atoms with Crippen LogP contribution in [0.4, 0.5) is 11.5 Å². The molecule has 2 N–H and O–H groups in total. The molecule has 0 aliphatic carbocycles. The van der Waals surface area contributed by atoms with Gasteiger partial charge < -0.3 is 29.7 Å². The smallest absolute Gasteiger partial charge is 0.255 e. The highest BCUT2D eigenvalue weighted by Crippen LogP contribution is 2.27. The third-order valence-electron chi connectivity index (χ3n) is 6.56. The van der Waals surface area contributed by atoms with Gasteiger partial charge in [-0.15, -0.1) is 0 Å². The number of anilines is 2. The van der Waals surface area contributed by atoms with Gasteiger partial charge in [-0.2, -0.15) is 0 Å². The molecule has 0 unspecified atom stereocenters. The van der Waals surface area contributed by atoms with Gasteiger partial charge in [-0.3, -0.25) is 9.59 Å². The van der Waals surface area contributed by atoms with Gasteiger partial charge in [0.15, 0.2) is 5.82 Å². The quantitative estimate of drug-likeness (QED) is 0.433. The van der Waals surface area contributed by atoms with E-state index < -0.39 is 0 Å². The van der Waals surface area contributed by atoms with Crippen LogP contribution in [0.3, 0.4) is 0 Å². The number of carbonyl (C=O) groups is 2. The topological polar surface area (TPSA) is 105 Å². The molecule has 10 nitrogen and oxygen atoms in total. The fraction of sp³-hybridized carbons (Fsp3) is 0.355. The van der Waals surface area contributed by atoms with Gasteiger partial charge in [-0.05, 0) is 50.6 Å². The summed E-state index contributed by atoms with van der Waals surface area (Å²) in [4.78, 5) is 38.2. The molecule has 5 rings (SSSR count). The first-order valence-electron chi connectivity index (χ1n) is 13.7. The van der Waals surface area contributed by atoms with E-state index in [1.807, 2.05) is 62.0 Å². The fourth-order valence-corrected chi connectivity index (χ4v) is 4.56. The first kappa shape index (κ1) is 27.9. The van der Waals surface area contributed by atoms with Crippen molar-refractivity contribution < 1.29 is 14.3 Å². The van der Waals surface area contributed by atoms with Crippen LogP contribution in [0.5, 0.6) is 0 Å². The first-order chi connectivity index (χ1) is 19.7. The number of aromatic nitrogens is 3. The summed E-state index contributed by atoms with van der Waals surface area (Å²) >= 11 is 0. The maximum atomic E-state index is 12.8. The molecular formula is C31H35N7O3. The van der Waals surface area contributed by atoms with Crippen molar-refractivity contribution in [3.05, 3.63) is 78.1 Å². The molecule has 0 atom stereocenters. The normalized spacial score (nSPS) is 14.9. The minimum absolute atomic E-state index is 0.0441. The van der Waals surface area contributed by atoms with E-state index in [1.165, 1.54) is 0 Å². The summed E-state index contributed by atoms with van der Waals surface area (Å²) in [6, 6.07) is 11.5. The standard InChI is InChI=1S/C31H35N7O3/c1-31(2,3)10-5-11-32-28(39)19-23-6-4-7-25(18-23)38-21-26(29-33-12-13-37(29)22-38)35-27-9-8-24(20-34-27)30(40)36-14-16-41-17-15-36/h4,6-9,12-13,18,20-21H,11,14-17,19,22H2,1-3H3,(H,32,39)(H,34,35). The zero-order chi connectivity index (χ0) is 28.8. The second kappa shape index (κ2) is 12.3. The van der Waals surface area contributed by atoms with E-state index in [-0.39, 0.29) is 23.7 Å². The molecule has 2 aromatic heterocycles. The second-order valence-electron chi connectivity index (χ2n) is 11.0. The Morgan fingerprint density at radius 2 is 1.93 bits per heavy atom. The average Bonchev–Trinajstić information content (AvgIpc) is 3.45. The molecule has 10 heteroatoms. The van der Waals surface area contributed by atoms with Crippen LogP contribution in [0.15, 0.2) is 61.2 Å². The van der Waals surface area contributed by atoms with Gasteiger partial charge in [0.25, 0.3) is 5.91 Å². The Balaban J connectivity index is 1.27. The molecule has 2 aliphatic rings. The highest BCUT2D eigenvalue weighted by molar-refractivity contribution is 5.94. The highest BCUT2D eigenvalue weighted by Gasteiger charge is 2.21. The van der Waals surface area contributed by atoms with E-state index >= 15 is 0 Å². The van der Waals surface area contributed by atoms with E-state index in [0.717, 1.165) is 22.8 Å². The van der Waals surface area contributed by atoms with Crippen LogP contribution in [-0.4, -0.2) is 64.1 Å². The number of morpholine rings is 1. The molecule has 2 aliphatic heterocycles. The van der Waals surface area contributed by atoms with Gasteiger partial charge in [0.05, 0.1) is 37.4 Å². The molecule has 0 bridgehead atoms. The minimum atomic E-state index is -0.0918. The van der Waals surface area contributed by atoms with Gasteiger partial charge in [-0.1, -0.05) is 24.0 Å². The van der Waals surface area contributed by atoms with Crippen LogP contribution in [0.25, 0.3) is 5.70 Å². The summed E-state index contributed by atoms with van der Waals surface area (Å²) in [5.74, 6) is 7.41. The monoisotopic (exact) mass is 553 g/mol.